The summed E-state index contributed by atoms with van der Waals surface area (Å²) in [6, 6.07) is 24.8. The maximum atomic E-state index is 13.9. The Hall–Kier alpha value is -4.59. The SMILES string of the molecule is CCCCOc1ccc(CC2/C(=C/c3ccc(OC)cc3)N(C(=O)OCc3ccccc3)C(=NC(=O)C(C)CC)N2C)cc1. The number of hydrogen-bond donors (Lipinski definition) is 0. The number of nitrogens with zero attached hydrogens (tertiary/aromatic N) is 3. The molecular weight excluding hydrogens is 554 g/mol. The van der Waals surface area contributed by atoms with Crippen LogP contribution in [-0.2, 0) is 22.6 Å². The van der Waals surface area contributed by atoms with Crippen LogP contribution >= 0.6 is 0 Å². The molecule has 3 aromatic rings. The smallest absolute Gasteiger partial charge is 0.421 e. The van der Waals surface area contributed by atoms with Crippen molar-refractivity contribution in [1.82, 2.24) is 9.80 Å². The standard InChI is InChI=1S/C36H43N3O5/c1-6-8-22-43-31-20-16-27(17-21-31)23-32-33(24-28-14-18-30(42-5)19-15-28)39(35(38(32)4)37-34(40)26(3)7-2)36(41)44-25-29-12-10-9-11-13-29/h9-21,24,26,32H,6-8,22-23,25H2,1-5H3/b33-24-,37-35?. The Bertz CT molecular complexity index is 1430. The minimum atomic E-state index is -0.599. The van der Waals surface area contributed by atoms with E-state index < -0.39 is 6.09 Å². The zero-order valence-corrected chi connectivity index (χ0v) is 26.4. The van der Waals surface area contributed by atoms with Crippen molar-refractivity contribution >= 4 is 24.0 Å². The van der Waals surface area contributed by atoms with Gasteiger partial charge in [0, 0.05) is 13.0 Å². The van der Waals surface area contributed by atoms with Gasteiger partial charge >= 0.3 is 6.09 Å². The Morgan fingerprint density at radius 2 is 1.61 bits per heavy atom. The number of methoxy groups -OCH3 is 1. The van der Waals surface area contributed by atoms with Gasteiger partial charge in [-0.05, 0) is 66.3 Å². The van der Waals surface area contributed by atoms with Crippen molar-refractivity contribution in [2.24, 2.45) is 10.9 Å². The molecule has 1 fully saturated rings. The van der Waals surface area contributed by atoms with Gasteiger partial charge in [-0.25, -0.2) is 9.69 Å². The van der Waals surface area contributed by atoms with E-state index in [1.807, 2.05) is 111 Å². The van der Waals surface area contributed by atoms with Crippen LogP contribution in [0, 0.1) is 5.92 Å². The van der Waals surface area contributed by atoms with E-state index in [1.54, 1.807) is 7.11 Å². The molecule has 0 aromatic heterocycles. The molecule has 8 nitrogen and oxygen atoms in total. The summed E-state index contributed by atoms with van der Waals surface area (Å²) in [7, 11) is 3.49. The third kappa shape index (κ3) is 8.28. The molecule has 3 aromatic carbocycles. The molecule has 2 unspecified atom stereocenters. The number of carbonyl (C=O) groups is 2. The molecule has 2 amide bonds. The first-order valence-electron chi connectivity index (χ1n) is 15.3. The van der Waals surface area contributed by atoms with E-state index in [0.717, 1.165) is 41.0 Å². The zero-order valence-electron chi connectivity index (χ0n) is 26.4. The summed E-state index contributed by atoms with van der Waals surface area (Å²) in [4.78, 5) is 34.8. The van der Waals surface area contributed by atoms with Crippen LogP contribution in [0.5, 0.6) is 11.5 Å². The van der Waals surface area contributed by atoms with E-state index in [0.29, 0.717) is 25.1 Å². The molecule has 0 radical (unpaired) electrons. The van der Waals surface area contributed by atoms with Crippen molar-refractivity contribution in [3.05, 3.63) is 101 Å². The Morgan fingerprint density at radius 1 is 0.932 bits per heavy atom. The van der Waals surface area contributed by atoms with Crippen LogP contribution in [0.3, 0.4) is 0 Å². The van der Waals surface area contributed by atoms with E-state index in [9.17, 15) is 9.59 Å². The molecule has 4 rings (SSSR count). The molecule has 232 valence electrons. The average molecular weight is 598 g/mol. The van der Waals surface area contributed by atoms with Crippen molar-refractivity contribution in [2.45, 2.75) is 59.1 Å². The third-order valence-corrected chi connectivity index (χ3v) is 7.76. The molecule has 44 heavy (non-hydrogen) atoms. The number of rotatable bonds is 12. The van der Waals surface area contributed by atoms with E-state index in [-0.39, 0.29) is 30.4 Å². The van der Waals surface area contributed by atoms with Crippen LogP contribution in [0.25, 0.3) is 6.08 Å². The van der Waals surface area contributed by atoms with Gasteiger partial charge in [0.05, 0.1) is 25.5 Å². The molecule has 1 saturated heterocycles. The molecule has 0 N–H and O–H groups in total. The Kier molecular flexibility index (Phi) is 11.6. The fourth-order valence-corrected chi connectivity index (χ4v) is 4.80. The summed E-state index contributed by atoms with van der Waals surface area (Å²) in [5.74, 6) is 1.23. The minimum absolute atomic E-state index is 0.0897. The summed E-state index contributed by atoms with van der Waals surface area (Å²) in [6.45, 7) is 6.69. The lowest BCUT2D eigenvalue weighted by molar-refractivity contribution is -0.121. The first-order chi connectivity index (χ1) is 21.3. The third-order valence-electron chi connectivity index (χ3n) is 7.76. The molecule has 0 aliphatic carbocycles. The fourth-order valence-electron chi connectivity index (χ4n) is 4.80. The maximum absolute atomic E-state index is 13.9. The molecule has 1 aliphatic heterocycles. The van der Waals surface area contributed by atoms with Crippen molar-refractivity contribution in [2.75, 3.05) is 20.8 Å². The zero-order chi connectivity index (χ0) is 31.5. The van der Waals surface area contributed by atoms with Crippen LogP contribution in [-0.4, -0.2) is 54.6 Å². The van der Waals surface area contributed by atoms with Crippen LogP contribution in [0.1, 0.15) is 56.7 Å². The quantitative estimate of drug-likeness (QED) is 0.203. The molecule has 0 bridgehead atoms. The minimum Gasteiger partial charge on any atom is -0.497 e. The lowest BCUT2D eigenvalue weighted by Gasteiger charge is -2.21. The van der Waals surface area contributed by atoms with E-state index in [2.05, 4.69) is 11.9 Å². The van der Waals surface area contributed by atoms with Gasteiger partial charge in [0.15, 0.2) is 0 Å². The van der Waals surface area contributed by atoms with Crippen molar-refractivity contribution < 1.29 is 23.8 Å². The average Bonchev–Trinajstić information content (AvgIpc) is 3.30. The molecule has 0 saturated carbocycles. The summed E-state index contributed by atoms with van der Waals surface area (Å²) in [6.07, 6.45) is 4.63. The number of carbonyl (C=O) groups excluding carboxylic acids is 2. The lowest BCUT2D eigenvalue weighted by Crippen LogP contribution is -2.38. The molecule has 2 atom stereocenters. The van der Waals surface area contributed by atoms with Gasteiger partial charge in [0.1, 0.15) is 18.1 Å². The van der Waals surface area contributed by atoms with Gasteiger partial charge < -0.3 is 19.1 Å². The van der Waals surface area contributed by atoms with Crippen LogP contribution in [0.2, 0.25) is 0 Å². The Balaban J connectivity index is 1.73. The molecule has 1 aliphatic rings. The van der Waals surface area contributed by atoms with Gasteiger partial charge in [-0.2, -0.15) is 4.99 Å². The van der Waals surface area contributed by atoms with Crippen LogP contribution in [0.15, 0.2) is 89.6 Å². The Labute approximate surface area is 260 Å². The second-order valence-electron chi connectivity index (χ2n) is 11.0. The highest BCUT2D eigenvalue weighted by atomic mass is 16.6. The first-order valence-corrected chi connectivity index (χ1v) is 15.3. The predicted octanol–water partition coefficient (Wildman–Crippen LogP) is 7.34. The number of unbranched alkanes of at least 4 members (excludes halogenated alkanes) is 1. The number of likely N-dealkylation sites (N-methyl/N-ethyl adjacent to an activating group) is 1. The topological polar surface area (TPSA) is 80.7 Å². The van der Waals surface area contributed by atoms with Crippen molar-refractivity contribution in [3.8, 4) is 11.5 Å². The number of ether oxygens (including phenoxy) is 3. The number of amides is 2. The van der Waals surface area contributed by atoms with Crippen LogP contribution in [0.4, 0.5) is 4.79 Å². The monoisotopic (exact) mass is 597 g/mol. The van der Waals surface area contributed by atoms with E-state index in [4.69, 9.17) is 14.2 Å². The van der Waals surface area contributed by atoms with Gasteiger partial charge in [-0.1, -0.05) is 81.8 Å². The number of benzene rings is 3. The van der Waals surface area contributed by atoms with E-state index in [1.165, 1.54) is 4.90 Å². The molecular formula is C36H43N3O5. The normalized spacial score (nSPS) is 17.2. The molecule has 8 heteroatoms. The largest absolute Gasteiger partial charge is 0.497 e. The maximum Gasteiger partial charge on any atom is 0.421 e. The van der Waals surface area contributed by atoms with Gasteiger partial charge in [0.25, 0.3) is 5.91 Å². The highest BCUT2D eigenvalue weighted by Gasteiger charge is 2.43. The highest BCUT2D eigenvalue weighted by molar-refractivity contribution is 6.05. The number of guanidine groups is 1. The lowest BCUT2D eigenvalue weighted by atomic mass is 10.0. The van der Waals surface area contributed by atoms with Gasteiger partial charge in [0.2, 0.25) is 5.96 Å². The van der Waals surface area contributed by atoms with Gasteiger partial charge in [-0.15, -0.1) is 0 Å². The van der Waals surface area contributed by atoms with Crippen molar-refractivity contribution in [1.29, 1.82) is 0 Å². The number of aliphatic imine (C=N–C) groups is 1. The first kappa shape index (κ1) is 32.3. The van der Waals surface area contributed by atoms with Gasteiger partial charge in [-0.3, -0.25) is 4.79 Å². The second-order valence-corrected chi connectivity index (χ2v) is 11.0. The second kappa shape index (κ2) is 15.8. The fraction of sp³-hybridized carbons (Fsp3) is 0.361. The van der Waals surface area contributed by atoms with E-state index >= 15 is 0 Å². The molecule has 1 heterocycles. The predicted molar refractivity (Wildman–Crippen MR) is 173 cm³/mol. The Morgan fingerprint density at radius 3 is 2.25 bits per heavy atom. The number of hydrogen-bond acceptors (Lipinski definition) is 5. The molecule has 0 spiro atoms. The summed E-state index contributed by atoms with van der Waals surface area (Å²) < 4.78 is 17.0. The summed E-state index contributed by atoms with van der Waals surface area (Å²) >= 11 is 0. The van der Waals surface area contributed by atoms with Crippen molar-refractivity contribution in [3.63, 3.8) is 0 Å². The summed E-state index contributed by atoms with van der Waals surface area (Å²) in [5, 5.41) is 0. The summed E-state index contributed by atoms with van der Waals surface area (Å²) in [5.41, 5.74) is 3.45. The van der Waals surface area contributed by atoms with Crippen LogP contribution < -0.4 is 9.47 Å². The highest BCUT2D eigenvalue weighted by Crippen LogP contribution is 2.32.